The number of nitrogen functional groups attached to an aromatic ring is 1. The maximum atomic E-state index is 12.3. The third kappa shape index (κ3) is 2.78. The molecule has 0 aliphatic heterocycles. The van der Waals surface area contributed by atoms with E-state index in [1.807, 2.05) is 7.05 Å². The number of carbonyl (C=O) groups excluding carboxylic acids is 1. The second-order valence-electron chi connectivity index (χ2n) is 5.17. The van der Waals surface area contributed by atoms with E-state index in [1.165, 1.54) is 25.2 Å². The Hall–Kier alpha value is -1.65. The van der Waals surface area contributed by atoms with Crippen molar-refractivity contribution in [3.8, 4) is 0 Å². The molecular weight excluding hydrogens is 228 g/mol. The fourth-order valence-corrected chi connectivity index (χ4v) is 2.58. The van der Waals surface area contributed by atoms with Crippen molar-refractivity contribution in [1.29, 1.82) is 0 Å². The van der Waals surface area contributed by atoms with Crippen LogP contribution in [0.1, 0.15) is 43.1 Å². The molecule has 2 atom stereocenters. The highest BCUT2D eigenvalue weighted by Crippen LogP contribution is 2.27. The zero-order chi connectivity index (χ0) is 13.1. The molecular formula is C13H20N4O. The topological polar surface area (TPSA) is 72.1 Å². The molecule has 1 fully saturated rings. The molecule has 1 aromatic heterocycles. The van der Waals surface area contributed by atoms with Gasteiger partial charge in [0.05, 0.1) is 12.4 Å². The van der Waals surface area contributed by atoms with E-state index < -0.39 is 0 Å². The Morgan fingerprint density at radius 2 is 2.22 bits per heavy atom. The molecule has 1 aliphatic rings. The zero-order valence-electron chi connectivity index (χ0n) is 11.0. The van der Waals surface area contributed by atoms with Gasteiger partial charge in [0, 0.05) is 13.1 Å². The highest BCUT2D eigenvalue weighted by atomic mass is 16.2. The number of carbonyl (C=O) groups is 1. The highest BCUT2D eigenvalue weighted by molar-refractivity contribution is 5.92. The molecule has 1 aliphatic carbocycles. The first-order valence-electron chi connectivity index (χ1n) is 6.42. The number of nitrogens with two attached hydrogens (primary N) is 1. The van der Waals surface area contributed by atoms with E-state index in [-0.39, 0.29) is 11.7 Å². The highest BCUT2D eigenvalue weighted by Gasteiger charge is 2.26. The minimum absolute atomic E-state index is 0.0890. The molecule has 0 radical (unpaired) electrons. The van der Waals surface area contributed by atoms with Gasteiger partial charge in [-0.15, -0.1) is 0 Å². The van der Waals surface area contributed by atoms with Crippen LogP contribution in [-0.4, -0.2) is 33.9 Å². The van der Waals surface area contributed by atoms with Crippen molar-refractivity contribution in [3.05, 3.63) is 18.1 Å². The van der Waals surface area contributed by atoms with Gasteiger partial charge >= 0.3 is 0 Å². The van der Waals surface area contributed by atoms with Crippen molar-refractivity contribution < 1.29 is 4.79 Å². The van der Waals surface area contributed by atoms with Gasteiger partial charge in [0.25, 0.3) is 5.91 Å². The van der Waals surface area contributed by atoms with Crippen molar-refractivity contribution in [2.75, 3.05) is 12.8 Å². The Kier molecular flexibility index (Phi) is 3.79. The normalized spacial score (nSPS) is 23.7. The molecule has 2 N–H and O–H groups in total. The quantitative estimate of drug-likeness (QED) is 0.864. The first kappa shape index (κ1) is 12.8. The molecule has 5 nitrogen and oxygen atoms in total. The van der Waals surface area contributed by atoms with E-state index in [0.29, 0.717) is 17.7 Å². The van der Waals surface area contributed by atoms with E-state index >= 15 is 0 Å². The Labute approximate surface area is 107 Å². The molecule has 18 heavy (non-hydrogen) atoms. The van der Waals surface area contributed by atoms with Crippen molar-refractivity contribution >= 4 is 11.7 Å². The first-order valence-corrected chi connectivity index (χ1v) is 6.42. The van der Waals surface area contributed by atoms with E-state index in [4.69, 9.17) is 5.73 Å². The molecule has 0 saturated heterocycles. The lowest BCUT2D eigenvalue weighted by molar-refractivity contribution is 0.0666. The molecule has 1 aromatic rings. The second-order valence-corrected chi connectivity index (χ2v) is 5.17. The standard InChI is InChI=1S/C13H20N4O/c1-9-4-3-5-10(6-9)17(2)13(18)11-7-15-8-12(14)16-11/h7-10H,3-6H2,1-2H3,(H2,14,16). The van der Waals surface area contributed by atoms with Crippen LogP contribution in [0.15, 0.2) is 12.4 Å². The zero-order valence-corrected chi connectivity index (χ0v) is 11.0. The molecule has 0 bridgehead atoms. The van der Waals surface area contributed by atoms with Crippen LogP contribution in [0.5, 0.6) is 0 Å². The maximum absolute atomic E-state index is 12.3. The number of amides is 1. The van der Waals surface area contributed by atoms with Crippen molar-refractivity contribution in [3.63, 3.8) is 0 Å². The Morgan fingerprint density at radius 1 is 1.44 bits per heavy atom. The predicted octanol–water partition coefficient (Wildman–Crippen LogP) is 1.71. The van der Waals surface area contributed by atoms with Gasteiger partial charge in [0.1, 0.15) is 11.5 Å². The lowest BCUT2D eigenvalue weighted by Gasteiger charge is -2.33. The summed E-state index contributed by atoms with van der Waals surface area (Å²) < 4.78 is 0. The number of rotatable bonds is 2. The largest absolute Gasteiger partial charge is 0.382 e. The second kappa shape index (κ2) is 5.33. The lowest BCUT2D eigenvalue weighted by Crippen LogP contribution is -2.40. The van der Waals surface area contributed by atoms with E-state index in [0.717, 1.165) is 12.8 Å². The van der Waals surface area contributed by atoms with Gasteiger partial charge in [0.15, 0.2) is 0 Å². The third-order valence-corrected chi connectivity index (χ3v) is 3.65. The van der Waals surface area contributed by atoms with Gasteiger partial charge in [-0.05, 0) is 18.8 Å². The van der Waals surface area contributed by atoms with Gasteiger partial charge in [-0.25, -0.2) is 4.98 Å². The molecule has 1 saturated carbocycles. The summed E-state index contributed by atoms with van der Waals surface area (Å²) in [5, 5.41) is 0. The molecule has 98 valence electrons. The smallest absolute Gasteiger partial charge is 0.274 e. The van der Waals surface area contributed by atoms with Crippen LogP contribution >= 0.6 is 0 Å². The van der Waals surface area contributed by atoms with Crippen LogP contribution in [0.4, 0.5) is 5.82 Å². The van der Waals surface area contributed by atoms with Crippen molar-refractivity contribution in [2.24, 2.45) is 5.92 Å². The summed E-state index contributed by atoms with van der Waals surface area (Å²) >= 11 is 0. The van der Waals surface area contributed by atoms with Crippen LogP contribution in [0, 0.1) is 5.92 Å². The fraction of sp³-hybridized carbons (Fsp3) is 0.615. The van der Waals surface area contributed by atoms with E-state index in [9.17, 15) is 4.79 Å². The number of hydrogen-bond acceptors (Lipinski definition) is 4. The average molecular weight is 248 g/mol. The Morgan fingerprint density at radius 3 is 2.89 bits per heavy atom. The fourth-order valence-electron chi connectivity index (χ4n) is 2.58. The summed E-state index contributed by atoms with van der Waals surface area (Å²) in [6, 6.07) is 0.310. The van der Waals surface area contributed by atoms with E-state index in [2.05, 4.69) is 16.9 Å². The molecule has 0 aromatic carbocycles. The van der Waals surface area contributed by atoms with Crippen LogP contribution in [-0.2, 0) is 0 Å². The van der Waals surface area contributed by atoms with Gasteiger partial charge in [0.2, 0.25) is 0 Å². The van der Waals surface area contributed by atoms with Gasteiger partial charge in [-0.2, -0.15) is 0 Å². The third-order valence-electron chi connectivity index (χ3n) is 3.65. The summed E-state index contributed by atoms with van der Waals surface area (Å²) in [5.41, 5.74) is 5.88. The van der Waals surface area contributed by atoms with Crippen LogP contribution in [0.3, 0.4) is 0 Å². The predicted molar refractivity (Wildman–Crippen MR) is 70.0 cm³/mol. The van der Waals surface area contributed by atoms with Gasteiger partial charge < -0.3 is 10.6 Å². The minimum Gasteiger partial charge on any atom is -0.382 e. The number of nitrogens with zero attached hydrogens (tertiary/aromatic N) is 3. The number of hydrogen-bond donors (Lipinski definition) is 1. The molecule has 0 spiro atoms. The summed E-state index contributed by atoms with van der Waals surface area (Å²) in [4.78, 5) is 22.0. The molecule has 1 amide bonds. The minimum atomic E-state index is -0.0890. The van der Waals surface area contributed by atoms with Gasteiger partial charge in [-0.1, -0.05) is 19.8 Å². The Bertz CT molecular complexity index is 435. The summed E-state index contributed by atoms with van der Waals surface area (Å²) in [6.45, 7) is 2.24. The molecule has 2 unspecified atom stereocenters. The number of aromatic nitrogens is 2. The average Bonchev–Trinajstić information content (AvgIpc) is 2.37. The summed E-state index contributed by atoms with van der Waals surface area (Å²) in [7, 11) is 1.84. The molecule has 1 heterocycles. The Balaban J connectivity index is 2.08. The SMILES string of the molecule is CC1CCCC(N(C)C(=O)c2cncc(N)n2)C1. The lowest BCUT2D eigenvalue weighted by atomic mass is 9.86. The first-order chi connectivity index (χ1) is 8.58. The van der Waals surface area contributed by atoms with Crippen LogP contribution in [0.25, 0.3) is 0 Å². The molecule has 2 rings (SSSR count). The van der Waals surface area contributed by atoms with Crippen LogP contribution in [0.2, 0.25) is 0 Å². The van der Waals surface area contributed by atoms with Gasteiger partial charge in [-0.3, -0.25) is 9.78 Å². The van der Waals surface area contributed by atoms with Crippen molar-refractivity contribution in [2.45, 2.75) is 38.6 Å². The molecule has 5 heteroatoms. The monoisotopic (exact) mass is 248 g/mol. The maximum Gasteiger partial charge on any atom is 0.274 e. The summed E-state index contributed by atoms with van der Waals surface area (Å²) in [5.74, 6) is 0.881. The van der Waals surface area contributed by atoms with E-state index in [1.54, 1.807) is 4.90 Å². The van der Waals surface area contributed by atoms with Crippen LogP contribution < -0.4 is 5.73 Å². The van der Waals surface area contributed by atoms with Crippen molar-refractivity contribution in [1.82, 2.24) is 14.9 Å². The summed E-state index contributed by atoms with van der Waals surface area (Å²) in [6.07, 6.45) is 7.50. The number of anilines is 1.